The maximum Gasteiger partial charge on any atom is 0.137 e. The fourth-order valence-electron chi connectivity index (χ4n) is 4.73. The summed E-state index contributed by atoms with van der Waals surface area (Å²) in [4.78, 5) is 19.6. The Morgan fingerprint density at radius 2 is 1.30 bits per heavy atom. The lowest BCUT2D eigenvalue weighted by molar-refractivity contribution is 0.980. The molecule has 244 valence electrons. The number of anilines is 2. The van der Waals surface area contributed by atoms with Gasteiger partial charge in [0.15, 0.2) is 0 Å². The molecule has 0 spiro atoms. The standard InChI is InChI=1S/C18H18ClN3S.C9H7N3S.C7H9ClN2.CH4/c19-17-13(2-1-3-16(17)20)5-7-14(23)6-4-12-8-10-21-18-15(12)9-11-22-18;13-6-10-5-7-1-3-11-9-8(7)2-4-12-9;8-7-5(4-9)2-1-3-6(7)10;/h1-3,8-11H,4-7,20H2,(H,21,22);1-4H,5H2,(H,11,12);1-3H,4,9-10H2;1H4/i;;;1D. The SMILES string of the molecule is NCc1cccc(N)c1Cl.Nc1cccc(CCC(=S)CCc2ccnc3[nH]ccc23)c1Cl.S=C=NCc1ccnc2[nH]ccc12.[2H]C. The normalized spacial score (nSPS) is 10.3. The molecule has 0 atom stereocenters. The molecule has 6 rings (SSSR count). The Hall–Kier alpha value is -4.15. The number of aliphatic imine (C=N–C) groups is 1. The number of pyridine rings is 2. The van der Waals surface area contributed by atoms with Crippen LogP contribution in [0.4, 0.5) is 11.4 Å². The molecule has 6 aromatic rings. The highest BCUT2D eigenvalue weighted by Crippen LogP contribution is 2.25. The Morgan fingerprint density at radius 3 is 1.85 bits per heavy atom. The van der Waals surface area contributed by atoms with Crippen molar-refractivity contribution in [3.8, 4) is 0 Å². The number of H-pyrrole nitrogens is 2. The molecular formula is C35H38Cl2N8S2. The van der Waals surface area contributed by atoms with Gasteiger partial charge in [0.05, 0.1) is 33.1 Å². The monoisotopic (exact) mass is 705 g/mol. The van der Waals surface area contributed by atoms with Crippen molar-refractivity contribution in [3.05, 3.63) is 118 Å². The van der Waals surface area contributed by atoms with Crippen molar-refractivity contribution >= 4 is 91.1 Å². The molecule has 8 nitrogen and oxygen atoms in total. The zero-order valence-electron chi connectivity index (χ0n) is 27.0. The summed E-state index contributed by atoms with van der Waals surface area (Å²) in [5.41, 5.74) is 24.1. The molecule has 0 unspecified atom stereocenters. The van der Waals surface area contributed by atoms with Crippen LogP contribution in [0.1, 0.15) is 43.9 Å². The molecule has 2 aromatic carbocycles. The molecule has 0 amide bonds. The zero-order valence-corrected chi connectivity index (χ0v) is 29.1. The van der Waals surface area contributed by atoms with Crippen molar-refractivity contribution in [2.24, 2.45) is 10.7 Å². The molecule has 0 saturated carbocycles. The van der Waals surface area contributed by atoms with E-state index in [9.17, 15) is 0 Å². The van der Waals surface area contributed by atoms with E-state index in [1.807, 2.05) is 61.1 Å². The van der Waals surface area contributed by atoms with Crippen LogP contribution in [-0.2, 0) is 25.9 Å². The highest BCUT2D eigenvalue weighted by atomic mass is 35.5. The summed E-state index contributed by atoms with van der Waals surface area (Å²) in [6.45, 7) is 1.00. The number of aryl methyl sites for hydroxylation is 2. The first-order chi connectivity index (χ1) is 23.3. The Labute approximate surface area is 297 Å². The van der Waals surface area contributed by atoms with Gasteiger partial charge in [0.25, 0.3) is 0 Å². The molecule has 0 aliphatic rings. The van der Waals surface area contributed by atoms with Crippen molar-refractivity contribution < 1.29 is 1.37 Å². The summed E-state index contributed by atoms with van der Waals surface area (Å²) in [6, 6.07) is 19.2. The molecule has 0 radical (unpaired) electrons. The van der Waals surface area contributed by atoms with Crippen LogP contribution in [0, 0.1) is 0 Å². The van der Waals surface area contributed by atoms with Gasteiger partial charge in [0.2, 0.25) is 0 Å². The number of aromatic nitrogens is 4. The Balaban J connectivity index is 0.000000211. The Bertz CT molecular complexity index is 1970. The molecule has 12 heteroatoms. The third-order valence-corrected chi connectivity index (χ3v) is 8.66. The molecule has 0 bridgehead atoms. The van der Waals surface area contributed by atoms with Gasteiger partial charge in [-0.05, 0) is 101 Å². The summed E-state index contributed by atoms with van der Waals surface area (Å²) in [5, 5.41) is 5.85. The average Bonchev–Trinajstić information content (AvgIpc) is 3.81. The number of hydrogen-bond donors (Lipinski definition) is 5. The Morgan fingerprint density at radius 1 is 0.787 bits per heavy atom. The van der Waals surface area contributed by atoms with Gasteiger partial charge in [-0.3, -0.25) is 0 Å². The van der Waals surface area contributed by atoms with Crippen LogP contribution >= 0.6 is 47.6 Å². The van der Waals surface area contributed by atoms with E-state index >= 15 is 0 Å². The number of nitrogens with one attached hydrogen (secondary N) is 2. The number of isothiocyanates is 1. The van der Waals surface area contributed by atoms with E-state index in [0.717, 1.165) is 63.9 Å². The van der Waals surface area contributed by atoms with E-state index in [1.165, 1.54) is 18.4 Å². The summed E-state index contributed by atoms with van der Waals surface area (Å²) < 4.78 is 5.75. The van der Waals surface area contributed by atoms with Crippen LogP contribution in [0.5, 0.6) is 0 Å². The maximum atomic E-state index is 6.22. The van der Waals surface area contributed by atoms with Gasteiger partial charge >= 0.3 is 0 Å². The van der Waals surface area contributed by atoms with Gasteiger partial charge in [0.1, 0.15) is 11.3 Å². The fraction of sp³-hybridized carbons (Fsp3) is 0.200. The van der Waals surface area contributed by atoms with Crippen molar-refractivity contribution in [1.29, 1.82) is 0 Å². The number of nitrogens with zero attached hydrogens (tertiary/aromatic N) is 3. The molecular weight excluding hydrogens is 667 g/mol. The molecule has 0 saturated heterocycles. The second kappa shape index (κ2) is 18.9. The molecule has 0 fully saturated rings. The van der Waals surface area contributed by atoms with Gasteiger partial charge in [0, 0.05) is 43.5 Å². The van der Waals surface area contributed by atoms with Crippen LogP contribution in [0.25, 0.3) is 22.1 Å². The van der Waals surface area contributed by atoms with E-state index in [-0.39, 0.29) is 0 Å². The minimum atomic E-state index is 0.434. The van der Waals surface area contributed by atoms with Crippen LogP contribution < -0.4 is 17.2 Å². The van der Waals surface area contributed by atoms with E-state index in [1.54, 1.807) is 12.3 Å². The summed E-state index contributed by atoms with van der Waals surface area (Å²) in [7, 11) is 1.25. The number of halogens is 2. The quantitative estimate of drug-likeness (QED) is 0.0573. The highest BCUT2D eigenvalue weighted by molar-refractivity contribution is 7.80. The highest BCUT2D eigenvalue weighted by Gasteiger charge is 2.08. The van der Waals surface area contributed by atoms with Crippen molar-refractivity contribution in [3.63, 3.8) is 0 Å². The predicted octanol–water partition coefficient (Wildman–Crippen LogP) is 8.92. The zero-order chi connectivity index (χ0) is 34.9. The molecule has 4 heterocycles. The number of rotatable bonds is 9. The summed E-state index contributed by atoms with van der Waals surface area (Å²) in [6.07, 6.45) is 10.9. The number of thiocarbonyl (C=S) groups is 2. The summed E-state index contributed by atoms with van der Waals surface area (Å²) >= 11 is 22.1. The minimum absolute atomic E-state index is 0.434. The van der Waals surface area contributed by atoms with E-state index in [0.29, 0.717) is 34.5 Å². The molecule has 4 aromatic heterocycles. The lowest BCUT2D eigenvalue weighted by Gasteiger charge is -2.08. The lowest BCUT2D eigenvalue weighted by Crippen LogP contribution is -2.01. The van der Waals surface area contributed by atoms with Gasteiger partial charge < -0.3 is 27.2 Å². The third-order valence-electron chi connectivity index (χ3n) is 7.20. The minimum Gasteiger partial charge on any atom is -0.398 e. The van der Waals surface area contributed by atoms with Gasteiger partial charge in [-0.2, -0.15) is 0 Å². The Kier molecular flexibility index (Phi) is 14.3. The number of aromatic amines is 2. The number of nitrogens with two attached hydrogens (primary N) is 3. The summed E-state index contributed by atoms with van der Waals surface area (Å²) in [5.74, 6) is 0. The van der Waals surface area contributed by atoms with Crippen LogP contribution in [0.3, 0.4) is 0 Å². The van der Waals surface area contributed by atoms with E-state index in [4.69, 9.17) is 54.0 Å². The first-order valence-electron chi connectivity index (χ1n) is 15.4. The molecule has 8 N–H and O–H groups in total. The predicted molar refractivity (Wildman–Crippen MR) is 207 cm³/mol. The second-order valence-corrected chi connectivity index (χ2v) is 11.7. The number of hydrogen-bond acceptors (Lipinski definition) is 8. The molecule has 47 heavy (non-hydrogen) atoms. The lowest BCUT2D eigenvalue weighted by atomic mass is 10.0. The number of benzene rings is 2. The van der Waals surface area contributed by atoms with Crippen molar-refractivity contribution in [1.82, 2.24) is 19.9 Å². The third kappa shape index (κ3) is 10.4. The molecule has 0 aliphatic heterocycles. The van der Waals surface area contributed by atoms with Gasteiger partial charge in [-0.25, -0.2) is 15.0 Å². The van der Waals surface area contributed by atoms with Crippen molar-refractivity contribution in [2.75, 3.05) is 11.5 Å². The van der Waals surface area contributed by atoms with E-state index < -0.39 is 0 Å². The van der Waals surface area contributed by atoms with Gasteiger partial charge in [-0.1, -0.05) is 67.1 Å². The first kappa shape index (κ1) is 35.7. The first-order valence-corrected chi connectivity index (χ1v) is 16.0. The smallest absolute Gasteiger partial charge is 0.137 e. The van der Waals surface area contributed by atoms with Gasteiger partial charge in [-0.15, -0.1) is 0 Å². The van der Waals surface area contributed by atoms with Crippen LogP contribution in [-0.4, -0.2) is 30.0 Å². The second-order valence-electron chi connectivity index (χ2n) is 10.2. The van der Waals surface area contributed by atoms with Crippen molar-refractivity contribution in [2.45, 2.75) is 46.2 Å². The average molecular weight is 707 g/mol. The topological polar surface area (TPSA) is 148 Å². The van der Waals surface area contributed by atoms with Crippen LogP contribution in [0.2, 0.25) is 10.0 Å². The van der Waals surface area contributed by atoms with E-state index in [2.05, 4.69) is 54.4 Å². The molecule has 0 aliphatic carbocycles. The largest absolute Gasteiger partial charge is 0.398 e. The van der Waals surface area contributed by atoms with Crippen LogP contribution in [0.15, 0.2) is 90.4 Å². The number of fused-ring (bicyclic) bond motifs is 2. The maximum absolute atomic E-state index is 6.22. The fourth-order valence-corrected chi connectivity index (χ4v) is 5.43. The number of nitrogen functional groups attached to an aromatic ring is 2.